The molecule has 0 radical (unpaired) electrons. The van der Waals surface area contributed by atoms with Gasteiger partial charge < -0.3 is 5.32 Å². The fourth-order valence-corrected chi connectivity index (χ4v) is 3.34. The standard InChI is InChI=1S/C24H21ClN4O/c1-15-5-4-6-18(13-15)23-27-22(24(30)26-20-11-9-19(25)10-12-20)28-29(23)21-14-16(2)7-8-17(21)3/h4-14H,1-3H3,(H,26,30). The summed E-state index contributed by atoms with van der Waals surface area (Å²) in [5.41, 5.74) is 5.68. The molecule has 4 rings (SSSR count). The lowest BCUT2D eigenvalue weighted by Crippen LogP contribution is -2.14. The van der Waals surface area contributed by atoms with Crippen molar-refractivity contribution in [2.45, 2.75) is 20.8 Å². The summed E-state index contributed by atoms with van der Waals surface area (Å²) in [7, 11) is 0. The van der Waals surface area contributed by atoms with Crippen molar-refractivity contribution in [2.24, 2.45) is 0 Å². The number of nitrogens with zero attached hydrogens (tertiary/aromatic N) is 3. The number of nitrogens with one attached hydrogen (secondary N) is 1. The number of benzene rings is 3. The fraction of sp³-hybridized carbons (Fsp3) is 0.125. The molecule has 150 valence electrons. The number of carbonyl (C=O) groups excluding carboxylic acids is 1. The van der Waals surface area contributed by atoms with Crippen molar-refractivity contribution in [1.29, 1.82) is 0 Å². The first kappa shape index (κ1) is 19.9. The largest absolute Gasteiger partial charge is 0.319 e. The zero-order valence-corrected chi connectivity index (χ0v) is 17.7. The molecule has 5 nitrogen and oxygen atoms in total. The van der Waals surface area contributed by atoms with Gasteiger partial charge in [0.05, 0.1) is 5.69 Å². The van der Waals surface area contributed by atoms with Gasteiger partial charge in [-0.05, 0) is 68.3 Å². The quantitative estimate of drug-likeness (QED) is 0.459. The van der Waals surface area contributed by atoms with Crippen LogP contribution in [0, 0.1) is 20.8 Å². The highest BCUT2D eigenvalue weighted by atomic mass is 35.5. The first-order valence-corrected chi connectivity index (χ1v) is 9.97. The second kappa shape index (κ2) is 8.13. The average Bonchev–Trinajstić information content (AvgIpc) is 3.17. The maximum absolute atomic E-state index is 12.9. The second-order valence-electron chi connectivity index (χ2n) is 7.29. The molecular formula is C24H21ClN4O. The SMILES string of the molecule is Cc1cccc(-c2nc(C(=O)Nc3ccc(Cl)cc3)nn2-c2cc(C)ccc2C)c1. The minimum absolute atomic E-state index is 0.0994. The summed E-state index contributed by atoms with van der Waals surface area (Å²) >= 11 is 5.92. The normalized spacial score (nSPS) is 10.8. The molecule has 1 heterocycles. The van der Waals surface area contributed by atoms with E-state index in [0.29, 0.717) is 16.5 Å². The summed E-state index contributed by atoms with van der Waals surface area (Å²) in [5, 5.41) is 8.00. The van der Waals surface area contributed by atoms with Crippen molar-refractivity contribution >= 4 is 23.2 Å². The van der Waals surface area contributed by atoms with Crippen LogP contribution < -0.4 is 5.32 Å². The Kier molecular flexibility index (Phi) is 5.38. The molecule has 6 heteroatoms. The Morgan fingerprint density at radius 3 is 2.40 bits per heavy atom. The van der Waals surface area contributed by atoms with E-state index in [1.807, 2.05) is 57.2 Å². The van der Waals surface area contributed by atoms with Gasteiger partial charge in [0.1, 0.15) is 0 Å². The molecule has 0 unspecified atom stereocenters. The Balaban J connectivity index is 1.80. The van der Waals surface area contributed by atoms with Crippen LogP contribution in [0.1, 0.15) is 27.3 Å². The zero-order chi connectivity index (χ0) is 21.3. The summed E-state index contributed by atoms with van der Waals surface area (Å²) in [5.74, 6) is 0.339. The molecule has 0 spiro atoms. The minimum Gasteiger partial charge on any atom is -0.319 e. The molecule has 4 aromatic rings. The van der Waals surface area contributed by atoms with E-state index in [0.717, 1.165) is 27.9 Å². The number of anilines is 1. The first-order valence-electron chi connectivity index (χ1n) is 9.59. The lowest BCUT2D eigenvalue weighted by Gasteiger charge is -2.10. The van der Waals surface area contributed by atoms with Gasteiger partial charge >= 0.3 is 0 Å². The van der Waals surface area contributed by atoms with Gasteiger partial charge in [-0.2, -0.15) is 0 Å². The van der Waals surface area contributed by atoms with Crippen molar-refractivity contribution in [3.05, 3.63) is 94.3 Å². The summed E-state index contributed by atoms with van der Waals surface area (Å²) in [4.78, 5) is 17.5. The van der Waals surface area contributed by atoms with Gasteiger partial charge in [-0.15, -0.1) is 5.10 Å². The van der Waals surface area contributed by atoms with E-state index >= 15 is 0 Å². The molecule has 0 atom stereocenters. The highest BCUT2D eigenvalue weighted by Crippen LogP contribution is 2.25. The molecule has 0 saturated heterocycles. The lowest BCUT2D eigenvalue weighted by molar-refractivity contribution is 0.101. The summed E-state index contributed by atoms with van der Waals surface area (Å²) in [6.07, 6.45) is 0. The molecule has 3 aromatic carbocycles. The summed E-state index contributed by atoms with van der Waals surface area (Å²) < 4.78 is 1.74. The van der Waals surface area contributed by atoms with Gasteiger partial charge in [-0.3, -0.25) is 4.79 Å². The molecule has 1 amide bonds. The Hall–Kier alpha value is -3.44. The molecule has 0 aliphatic rings. The van der Waals surface area contributed by atoms with Crippen LogP contribution in [0.5, 0.6) is 0 Å². The van der Waals surface area contributed by atoms with Crippen LogP contribution in [0.4, 0.5) is 5.69 Å². The highest BCUT2D eigenvalue weighted by molar-refractivity contribution is 6.30. The number of halogens is 1. The molecule has 0 aliphatic heterocycles. The number of aromatic nitrogens is 3. The van der Waals surface area contributed by atoms with Crippen molar-refractivity contribution in [3.8, 4) is 17.1 Å². The second-order valence-corrected chi connectivity index (χ2v) is 7.73. The molecule has 1 aromatic heterocycles. The van der Waals surface area contributed by atoms with Gasteiger partial charge in [0.25, 0.3) is 5.91 Å². The van der Waals surface area contributed by atoms with Crippen molar-refractivity contribution in [1.82, 2.24) is 14.8 Å². The third kappa shape index (κ3) is 4.11. The van der Waals surface area contributed by atoms with Crippen LogP contribution in [-0.2, 0) is 0 Å². The van der Waals surface area contributed by atoms with Gasteiger partial charge in [-0.1, -0.05) is 47.5 Å². The molecule has 0 aliphatic carbocycles. The van der Waals surface area contributed by atoms with E-state index in [9.17, 15) is 4.79 Å². The Bertz CT molecular complexity index is 1230. The van der Waals surface area contributed by atoms with Crippen molar-refractivity contribution in [3.63, 3.8) is 0 Å². The Labute approximate surface area is 180 Å². The van der Waals surface area contributed by atoms with E-state index in [1.54, 1.807) is 28.9 Å². The zero-order valence-electron chi connectivity index (χ0n) is 17.0. The maximum atomic E-state index is 12.9. The van der Waals surface area contributed by atoms with Gasteiger partial charge in [-0.25, -0.2) is 9.67 Å². The van der Waals surface area contributed by atoms with E-state index in [2.05, 4.69) is 21.5 Å². The predicted molar refractivity (Wildman–Crippen MR) is 120 cm³/mol. The smallest absolute Gasteiger partial charge is 0.295 e. The number of carbonyl (C=O) groups is 1. The third-order valence-electron chi connectivity index (χ3n) is 4.78. The summed E-state index contributed by atoms with van der Waals surface area (Å²) in [6, 6.07) is 21.1. The number of hydrogen-bond donors (Lipinski definition) is 1. The van der Waals surface area contributed by atoms with Crippen LogP contribution >= 0.6 is 11.6 Å². The van der Waals surface area contributed by atoms with Crippen LogP contribution in [-0.4, -0.2) is 20.7 Å². The third-order valence-corrected chi connectivity index (χ3v) is 5.03. The van der Waals surface area contributed by atoms with Crippen LogP contribution in [0.25, 0.3) is 17.1 Å². The number of rotatable bonds is 4. The molecule has 0 fully saturated rings. The van der Waals surface area contributed by atoms with Crippen LogP contribution in [0.3, 0.4) is 0 Å². The van der Waals surface area contributed by atoms with Crippen LogP contribution in [0.15, 0.2) is 66.7 Å². The van der Waals surface area contributed by atoms with Gasteiger partial charge in [0, 0.05) is 16.3 Å². The summed E-state index contributed by atoms with van der Waals surface area (Å²) in [6.45, 7) is 6.07. The fourth-order valence-electron chi connectivity index (χ4n) is 3.22. The van der Waals surface area contributed by atoms with Crippen molar-refractivity contribution in [2.75, 3.05) is 5.32 Å². The monoisotopic (exact) mass is 416 g/mol. The Morgan fingerprint density at radius 2 is 1.67 bits per heavy atom. The first-order chi connectivity index (χ1) is 14.4. The number of aryl methyl sites for hydroxylation is 3. The minimum atomic E-state index is -0.379. The maximum Gasteiger partial charge on any atom is 0.295 e. The predicted octanol–water partition coefficient (Wildman–Crippen LogP) is 5.77. The number of hydrogen-bond acceptors (Lipinski definition) is 3. The molecule has 0 bridgehead atoms. The molecule has 30 heavy (non-hydrogen) atoms. The lowest BCUT2D eigenvalue weighted by atomic mass is 10.1. The van der Waals surface area contributed by atoms with E-state index in [-0.39, 0.29) is 11.7 Å². The van der Waals surface area contributed by atoms with E-state index in [1.165, 1.54) is 0 Å². The average molecular weight is 417 g/mol. The molecule has 1 N–H and O–H groups in total. The van der Waals surface area contributed by atoms with Gasteiger partial charge in [0.2, 0.25) is 5.82 Å². The highest BCUT2D eigenvalue weighted by Gasteiger charge is 2.20. The molecule has 0 saturated carbocycles. The topological polar surface area (TPSA) is 59.8 Å². The van der Waals surface area contributed by atoms with Gasteiger partial charge in [0.15, 0.2) is 5.82 Å². The Morgan fingerprint density at radius 1 is 0.933 bits per heavy atom. The van der Waals surface area contributed by atoms with Crippen molar-refractivity contribution < 1.29 is 4.79 Å². The molecular weight excluding hydrogens is 396 g/mol. The van der Waals surface area contributed by atoms with E-state index in [4.69, 9.17) is 11.6 Å². The van der Waals surface area contributed by atoms with E-state index < -0.39 is 0 Å². The van der Waals surface area contributed by atoms with Crippen LogP contribution in [0.2, 0.25) is 5.02 Å². The number of amides is 1.